The molecule has 1 fully saturated rings. The number of benzene rings is 3. The molecule has 174 valence electrons. The van der Waals surface area contributed by atoms with Crippen molar-refractivity contribution in [3.05, 3.63) is 82.9 Å². The normalized spacial score (nSPS) is 13.3. The molecule has 1 heterocycles. The maximum atomic E-state index is 13.1. The summed E-state index contributed by atoms with van der Waals surface area (Å²) in [6, 6.07) is 19.9. The molecule has 0 saturated carbocycles. The van der Waals surface area contributed by atoms with Gasteiger partial charge >= 0.3 is 6.09 Å². The van der Waals surface area contributed by atoms with Crippen molar-refractivity contribution in [1.29, 1.82) is 5.41 Å². The van der Waals surface area contributed by atoms with Crippen LogP contribution in [-0.4, -0.2) is 36.0 Å². The van der Waals surface area contributed by atoms with Crippen LogP contribution in [0.15, 0.2) is 66.7 Å². The first kappa shape index (κ1) is 23.3. The third-order valence-corrected chi connectivity index (χ3v) is 6.08. The van der Waals surface area contributed by atoms with Crippen LogP contribution in [0.2, 0.25) is 5.02 Å². The molecule has 4 rings (SSSR count). The summed E-state index contributed by atoms with van der Waals surface area (Å²) in [4.78, 5) is 26.6. The second-order valence-electron chi connectivity index (χ2n) is 8.10. The van der Waals surface area contributed by atoms with E-state index in [4.69, 9.17) is 22.1 Å². The SMILES string of the molecule is N=C(NC(=O)O)c1cc(-c2ccccc2)c(Cl)cc1NC(=O)c1cccc(N2CCCCC2)c1. The van der Waals surface area contributed by atoms with E-state index >= 15 is 0 Å². The average Bonchev–Trinajstić information content (AvgIpc) is 2.85. The molecule has 1 saturated heterocycles. The van der Waals surface area contributed by atoms with Crippen molar-refractivity contribution < 1.29 is 14.7 Å². The lowest BCUT2D eigenvalue weighted by Gasteiger charge is -2.29. The van der Waals surface area contributed by atoms with Crippen LogP contribution in [0.4, 0.5) is 16.2 Å². The van der Waals surface area contributed by atoms with Gasteiger partial charge in [-0.25, -0.2) is 4.79 Å². The van der Waals surface area contributed by atoms with E-state index in [1.54, 1.807) is 18.2 Å². The van der Waals surface area contributed by atoms with Crippen molar-refractivity contribution in [2.24, 2.45) is 0 Å². The maximum Gasteiger partial charge on any atom is 0.410 e. The molecule has 0 atom stereocenters. The molecule has 0 aromatic heterocycles. The van der Waals surface area contributed by atoms with Crippen molar-refractivity contribution in [3.8, 4) is 11.1 Å². The Hall–Kier alpha value is -3.84. The van der Waals surface area contributed by atoms with E-state index in [0.29, 0.717) is 16.1 Å². The summed E-state index contributed by atoms with van der Waals surface area (Å²) in [6.45, 7) is 1.92. The molecule has 0 bridgehead atoms. The number of carbonyl (C=O) groups excluding carboxylic acids is 1. The standard InChI is InChI=1S/C26H25ClN4O3/c27-22-16-23(21(24(28)30-26(33)34)15-20(22)17-8-3-1-4-9-17)29-25(32)18-10-7-11-19(14-18)31-12-5-2-6-13-31/h1,3-4,7-11,14-16H,2,5-6,12-13H2,(H2,28,30)(H,29,32)(H,33,34). The van der Waals surface area contributed by atoms with Crippen LogP contribution in [0.1, 0.15) is 35.2 Å². The highest BCUT2D eigenvalue weighted by atomic mass is 35.5. The smallest absolute Gasteiger partial charge is 0.410 e. The number of nitrogens with zero attached hydrogens (tertiary/aromatic N) is 1. The molecule has 7 nitrogen and oxygen atoms in total. The Bertz CT molecular complexity index is 1220. The second-order valence-corrected chi connectivity index (χ2v) is 8.51. The fourth-order valence-electron chi connectivity index (χ4n) is 4.09. The molecule has 4 N–H and O–H groups in total. The van der Waals surface area contributed by atoms with Crippen LogP contribution < -0.4 is 15.5 Å². The van der Waals surface area contributed by atoms with Crippen LogP contribution in [0.3, 0.4) is 0 Å². The lowest BCUT2D eigenvalue weighted by Crippen LogP contribution is -2.30. The lowest BCUT2D eigenvalue weighted by atomic mass is 10.0. The first-order valence-corrected chi connectivity index (χ1v) is 11.4. The molecule has 3 aromatic carbocycles. The van der Waals surface area contributed by atoms with Gasteiger partial charge < -0.3 is 15.3 Å². The Morgan fingerprint density at radius 1 is 0.941 bits per heavy atom. The summed E-state index contributed by atoms with van der Waals surface area (Å²) in [5.41, 5.74) is 3.35. The van der Waals surface area contributed by atoms with Gasteiger partial charge in [-0.2, -0.15) is 0 Å². The number of piperidine rings is 1. The van der Waals surface area contributed by atoms with Crippen molar-refractivity contribution >= 4 is 40.8 Å². The Balaban J connectivity index is 1.66. The molecule has 1 aliphatic rings. The number of hydrogen-bond acceptors (Lipinski definition) is 4. The third kappa shape index (κ3) is 5.38. The van der Waals surface area contributed by atoms with Crippen LogP contribution in [0.5, 0.6) is 0 Å². The van der Waals surface area contributed by atoms with Gasteiger partial charge in [-0.3, -0.25) is 15.5 Å². The number of nitrogens with one attached hydrogen (secondary N) is 3. The molecule has 34 heavy (non-hydrogen) atoms. The van der Waals surface area contributed by atoms with Crippen LogP contribution >= 0.6 is 11.6 Å². The number of halogens is 1. The summed E-state index contributed by atoms with van der Waals surface area (Å²) in [6.07, 6.45) is 2.11. The largest absolute Gasteiger partial charge is 0.465 e. The monoisotopic (exact) mass is 476 g/mol. The molecular formula is C26H25ClN4O3. The molecule has 0 spiro atoms. The third-order valence-electron chi connectivity index (χ3n) is 5.77. The van der Waals surface area contributed by atoms with Crippen LogP contribution in [-0.2, 0) is 0 Å². The number of amidine groups is 1. The minimum Gasteiger partial charge on any atom is -0.465 e. The van der Waals surface area contributed by atoms with Gasteiger partial charge in [0.2, 0.25) is 0 Å². The van der Waals surface area contributed by atoms with Crippen molar-refractivity contribution in [3.63, 3.8) is 0 Å². The first-order chi connectivity index (χ1) is 16.4. The van der Waals surface area contributed by atoms with E-state index in [0.717, 1.165) is 37.2 Å². The van der Waals surface area contributed by atoms with E-state index in [2.05, 4.69) is 15.5 Å². The summed E-state index contributed by atoms with van der Waals surface area (Å²) < 4.78 is 0. The molecule has 3 aromatic rings. The zero-order chi connectivity index (χ0) is 24.1. The fraction of sp³-hybridized carbons (Fsp3) is 0.192. The van der Waals surface area contributed by atoms with E-state index in [9.17, 15) is 9.59 Å². The number of carbonyl (C=O) groups is 2. The zero-order valence-electron chi connectivity index (χ0n) is 18.5. The molecule has 0 radical (unpaired) electrons. The van der Waals surface area contributed by atoms with Crippen LogP contribution in [0, 0.1) is 5.41 Å². The van der Waals surface area contributed by atoms with E-state index in [-0.39, 0.29) is 23.0 Å². The Labute approximate surface area is 202 Å². The highest BCUT2D eigenvalue weighted by Gasteiger charge is 2.19. The van der Waals surface area contributed by atoms with E-state index in [1.807, 2.05) is 48.5 Å². The fourth-order valence-corrected chi connectivity index (χ4v) is 4.36. The molecule has 1 aliphatic heterocycles. The summed E-state index contributed by atoms with van der Waals surface area (Å²) in [7, 11) is 0. The van der Waals surface area contributed by atoms with E-state index < -0.39 is 6.09 Å². The van der Waals surface area contributed by atoms with Crippen molar-refractivity contribution in [2.75, 3.05) is 23.3 Å². The predicted molar refractivity (Wildman–Crippen MR) is 135 cm³/mol. The van der Waals surface area contributed by atoms with Crippen LogP contribution in [0.25, 0.3) is 11.1 Å². The van der Waals surface area contributed by atoms with E-state index in [1.165, 1.54) is 6.42 Å². The quantitative estimate of drug-likeness (QED) is 0.274. The highest BCUT2D eigenvalue weighted by molar-refractivity contribution is 6.34. The second kappa shape index (κ2) is 10.4. The van der Waals surface area contributed by atoms with Gasteiger partial charge in [0, 0.05) is 35.5 Å². The average molecular weight is 477 g/mol. The zero-order valence-corrected chi connectivity index (χ0v) is 19.2. The maximum absolute atomic E-state index is 13.1. The van der Waals surface area contributed by atoms with Gasteiger partial charge in [0.25, 0.3) is 5.91 Å². The predicted octanol–water partition coefficient (Wildman–Crippen LogP) is 5.84. The highest BCUT2D eigenvalue weighted by Crippen LogP contribution is 2.33. The first-order valence-electron chi connectivity index (χ1n) is 11.1. The topological polar surface area (TPSA) is 106 Å². The Kier molecular flexibility index (Phi) is 7.13. The lowest BCUT2D eigenvalue weighted by molar-refractivity contribution is 0.102. The number of rotatable bonds is 5. The number of anilines is 2. The minimum absolute atomic E-state index is 0.214. The van der Waals surface area contributed by atoms with Gasteiger partial charge in [-0.15, -0.1) is 0 Å². The Morgan fingerprint density at radius 2 is 1.68 bits per heavy atom. The number of hydrogen-bond donors (Lipinski definition) is 4. The number of amides is 2. The molecular weight excluding hydrogens is 452 g/mol. The number of carboxylic acid groups (broad SMARTS) is 1. The molecule has 0 aliphatic carbocycles. The van der Waals surface area contributed by atoms with Gasteiger partial charge in [-0.05, 0) is 55.2 Å². The summed E-state index contributed by atoms with van der Waals surface area (Å²) in [5, 5.41) is 22.6. The Morgan fingerprint density at radius 3 is 2.38 bits per heavy atom. The van der Waals surface area contributed by atoms with Gasteiger partial charge in [0.05, 0.1) is 10.7 Å². The molecule has 0 unspecified atom stereocenters. The van der Waals surface area contributed by atoms with Crippen molar-refractivity contribution in [2.45, 2.75) is 19.3 Å². The van der Waals surface area contributed by atoms with Gasteiger partial charge in [-0.1, -0.05) is 48.0 Å². The minimum atomic E-state index is -1.37. The summed E-state index contributed by atoms with van der Waals surface area (Å²) >= 11 is 6.54. The van der Waals surface area contributed by atoms with Gasteiger partial charge in [0.1, 0.15) is 5.84 Å². The molecule has 8 heteroatoms. The van der Waals surface area contributed by atoms with Gasteiger partial charge in [0.15, 0.2) is 0 Å². The molecule has 2 amide bonds. The summed E-state index contributed by atoms with van der Waals surface area (Å²) in [5.74, 6) is -0.731. The van der Waals surface area contributed by atoms with Crippen molar-refractivity contribution in [1.82, 2.24) is 5.32 Å².